The van der Waals surface area contributed by atoms with Crippen molar-refractivity contribution in [1.29, 1.82) is 0 Å². The largest absolute Gasteiger partial charge is 0.350 e. The highest BCUT2D eigenvalue weighted by Gasteiger charge is 2.35. The van der Waals surface area contributed by atoms with E-state index in [-0.39, 0.29) is 17.3 Å². The highest BCUT2D eigenvalue weighted by Crippen LogP contribution is 2.31. The zero-order chi connectivity index (χ0) is 29.5. The van der Waals surface area contributed by atoms with Crippen molar-refractivity contribution >= 4 is 39.1 Å². The molecule has 0 heterocycles. The van der Waals surface area contributed by atoms with Crippen molar-refractivity contribution in [3.05, 3.63) is 95.0 Å². The molecule has 0 aliphatic rings. The number of nitrogens with zero attached hydrogens (tertiary/aromatic N) is 2. The Labute approximate surface area is 243 Å². The van der Waals surface area contributed by atoms with E-state index in [0.29, 0.717) is 29.1 Å². The molecular weight excluding hydrogens is 546 g/mol. The fraction of sp³-hybridized carbons (Fsp3) is 0.355. The number of nitrogens with one attached hydrogen (secondary N) is 1. The van der Waals surface area contributed by atoms with Gasteiger partial charge in [0.25, 0.3) is 10.0 Å². The Balaban J connectivity index is 2.05. The quantitative estimate of drug-likeness (QED) is 0.318. The number of rotatable bonds is 11. The zero-order valence-corrected chi connectivity index (χ0v) is 25.3. The summed E-state index contributed by atoms with van der Waals surface area (Å²) in [5.74, 6) is -0.765. The summed E-state index contributed by atoms with van der Waals surface area (Å²) in [4.78, 5) is 29.0. The second-order valence-corrected chi connectivity index (χ2v) is 13.0. The lowest BCUT2D eigenvalue weighted by Crippen LogP contribution is -2.56. The Morgan fingerprint density at radius 3 is 2.10 bits per heavy atom. The van der Waals surface area contributed by atoms with Crippen molar-refractivity contribution in [2.45, 2.75) is 63.9 Å². The number of benzene rings is 3. The van der Waals surface area contributed by atoms with E-state index < -0.39 is 34.1 Å². The molecule has 3 rings (SSSR count). The van der Waals surface area contributed by atoms with E-state index in [1.54, 1.807) is 43.3 Å². The van der Waals surface area contributed by atoms with Crippen LogP contribution in [-0.2, 0) is 26.0 Å². The Hall–Kier alpha value is -3.36. The summed E-state index contributed by atoms with van der Waals surface area (Å²) in [5.41, 5.74) is 1.34. The lowest BCUT2D eigenvalue weighted by molar-refractivity contribution is -0.140. The van der Waals surface area contributed by atoms with Crippen molar-refractivity contribution in [2.75, 3.05) is 17.4 Å². The van der Waals surface area contributed by atoms with Gasteiger partial charge in [0.1, 0.15) is 12.6 Å². The summed E-state index contributed by atoms with van der Waals surface area (Å²) in [7, 11) is -4.14. The van der Waals surface area contributed by atoms with Gasteiger partial charge in [-0.3, -0.25) is 13.9 Å². The number of carbonyl (C=O) groups is 2. The summed E-state index contributed by atoms with van der Waals surface area (Å²) in [6, 6.07) is 21.8. The highest BCUT2D eigenvalue weighted by molar-refractivity contribution is 7.92. The molecule has 0 aliphatic carbocycles. The van der Waals surface area contributed by atoms with E-state index in [9.17, 15) is 18.0 Å². The number of anilines is 1. The number of carbonyl (C=O) groups excluding carboxylic acids is 2. The van der Waals surface area contributed by atoms with Crippen LogP contribution in [0.3, 0.4) is 0 Å². The SMILES string of the molecule is CC[C@H](C(=O)NC(C)(C)C)N(CCc1ccccc1)C(=O)CN(c1cccc(Cl)c1C)S(=O)(=O)c1ccccc1. The number of hydrogen-bond donors (Lipinski definition) is 1. The van der Waals surface area contributed by atoms with Gasteiger partial charge < -0.3 is 10.2 Å². The first-order valence-corrected chi connectivity index (χ1v) is 15.1. The van der Waals surface area contributed by atoms with Gasteiger partial charge in [-0.2, -0.15) is 0 Å². The number of sulfonamides is 1. The van der Waals surface area contributed by atoms with Gasteiger partial charge in [0, 0.05) is 17.1 Å². The first-order chi connectivity index (χ1) is 18.8. The molecule has 40 heavy (non-hydrogen) atoms. The van der Waals surface area contributed by atoms with Crippen molar-refractivity contribution in [3.8, 4) is 0 Å². The van der Waals surface area contributed by atoms with Crippen LogP contribution in [0.25, 0.3) is 0 Å². The Morgan fingerprint density at radius 2 is 1.52 bits per heavy atom. The van der Waals surface area contributed by atoms with Crippen LogP contribution in [0.15, 0.2) is 83.8 Å². The number of amides is 2. The summed E-state index contributed by atoms with van der Waals surface area (Å²) in [6.07, 6.45) is 0.873. The number of halogens is 1. The molecule has 1 atom stereocenters. The van der Waals surface area contributed by atoms with Crippen molar-refractivity contribution in [2.24, 2.45) is 0 Å². The molecule has 0 unspecified atom stereocenters. The molecule has 0 spiro atoms. The molecule has 1 N–H and O–H groups in total. The smallest absolute Gasteiger partial charge is 0.264 e. The normalized spacial score (nSPS) is 12.4. The predicted molar refractivity (Wildman–Crippen MR) is 161 cm³/mol. The van der Waals surface area contributed by atoms with Crippen LogP contribution in [0.1, 0.15) is 45.2 Å². The molecule has 0 saturated heterocycles. The maximum Gasteiger partial charge on any atom is 0.264 e. The Morgan fingerprint density at radius 1 is 0.925 bits per heavy atom. The first-order valence-electron chi connectivity index (χ1n) is 13.3. The molecular formula is C31H38ClN3O4S. The van der Waals surface area contributed by atoms with Crippen LogP contribution in [0, 0.1) is 6.92 Å². The molecule has 7 nitrogen and oxygen atoms in total. The summed E-state index contributed by atoms with van der Waals surface area (Å²) in [5, 5.41) is 3.36. The molecule has 0 fully saturated rings. The molecule has 0 radical (unpaired) electrons. The molecule has 0 saturated carbocycles. The van der Waals surface area contributed by atoms with Crippen molar-refractivity contribution in [3.63, 3.8) is 0 Å². The average Bonchev–Trinajstić information content (AvgIpc) is 2.91. The maximum atomic E-state index is 14.1. The monoisotopic (exact) mass is 583 g/mol. The molecule has 3 aromatic carbocycles. The molecule has 214 valence electrons. The van der Waals surface area contributed by atoms with Gasteiger partial charge in [-0.25, -0.2) is 8.42 Å². The minimum Gasteiger partial charge on any atom is -0.350 e. The van der Waals surface area contributed by atoms with E-state index in [4.69, 9.17) is 11.6 Å². The highest BCUT2D eigenvalue weighted by atomic mass is 35.5. The van der Waals surface area contributed by atoms with Crippen LogP contribution < -0.4 is 9.62 Å². The second kappa shape index (κ2) is 13.3. The first kappa shape index (κ1) is 31.2. The molecule has 0 aliphatic heterocycles. The Kier molecular flexibility index (Phi) is 10.4. The third kappa shape index (κ3) is 7.86. The van der Waals surface area contributed by atoms with Crippen molar-refractivity contribution in [1.82, 2.24) is 10.2 Å². The zero-order valence-electron chi connectivity index (χ0n) is 23.7. The van der Waals surface area contributed by atoms with Gasteiger partial charge in [0.15, 0.2) is 0 Å². The van der Waals surface area contributed by atoms with Gasteiger partial charge in [0.05, 0.1) is 10.6 Å². The van der Waals surface area contributed by atoms with Crippen LogP contribution >= 0.6 is 11.6 Å². The molecule has 9 heteroatoms. The minimum absolute atomic E-state index is 0.0514. The fourth-order valence-electron chi connectivity index (χ4n) is 4.45. The van der Waals surface area contributed by atoms with Gasteiger partial charge in [0.2, 0.25) is 11.8 Å². The van der Waals surface area contributed by atoms with Crippen LogP contribution in [0.5, 0.6) is 0 Å². The summed E-state index contributed by atoms with van der Waals surface area (Å²) >= 11 is 6.38. The Bertz CT molecular complexity index is 1410. The van der Waals surface area contributed by atoms with Crippen LogP contribution in [-0.4, -0.2) is 49.8 Å². The van der Waals surface area contributed by atoms with E-state index in [2.05, 4.69) is 5.32 Å². The van der Waals surface area contributed by atoms with Crippen LogP contribution in [0.2, 0.25) is 5.02 Å². The summed E-state index contributed by atoms with van der Waals surface area (Å²) < 4.78 is 28.9. The topological polar surface area (TPSA) is 86.8 Å². The van der Waals surface area contributed by atoms with Gasteiger partial charge in [-0.15, -0.1) is 0 Å². The van der Waals surface area contributed by atoms with E-state index >= 15 is 0 Å². The second-order valence-electron chi connectivity index (χ2n) is 10.7. The molecule has 2 amide bonds. The molecule has 3 aromatic rings. The van der Waals surface area contributed by atoms with Gasteiger partial charge in [-0.1, -0.05) is 73.1 Å². The standard InChI is InChI=1S/C31H38ClN3O4S/c1-6-27(30(37)33-31(3,4)5)34(21-20-24-14-9-7-10-15-24)29(36)22-35(28-19-13-18-26(32)23(28)2)40(38,39)25-16-11-8-12-17-25/h7-19,27H,6,20-22H2,1-5H3,(H,33,37)/t27-/m1/s1. The fourth-order valence-corrected chi connectivity index (χ4v) is 6.11. The summed E-state index contributed by atoms with van der Waals surface area (Å²) in [6.45, 7) is 8.94. The minimum atomic E-state index is -4.14. The third-order valence-electron chi connectivity index (χ3n) is 6.49. The van der Waals surface area contributed by atoms with Crippen LogP contribution in [0.4, 0.5) is 5.69 Å². The maximum absolute atomic E-state index is 14.1. The lowest BCUT2D eigenvalue weighted by atomic mass is 10.1. The average molecular weight is 584 g/mol. The predicted octanol–water partition coefficient (Wildman–Crippen LogP) is 5.61. The van der Waals surface area contributed by atoms with E-state index in [0.717, 1.165) is 9.87 Å². The van der Waals surface area contributed by atoms with Gasteiger partial charge >= 0.3 is 0 Å². The number of hydrogen-bond acceptors (Lipinski definition) is 4. The third-order valence-corrected chi connectivity index (χ3v) is 8.67. The van der Waals surface area contributed by atoms with Crippen molar-refractivity contribution < 1.29 is 18.0 Å². The molecule has 0 aromatic heterocycles. The lowest BCUT2D eigenvalue weighted by Gasteiger charge is -2.35. The van der Waals surface area contributed by atoms with E-state index in [1.165, 1.54) is 17.0 Å². The molecule has 0 bridgehead atoms. The van der Waals surface area contributed by atoms with E-state index in [1.807, 2.05) is 58.0 Å². The van der Waals surface area contributed by atoms with Gasteiger partial charge in [-0.05, 0) is 75.9 Å².